The van der Waals surface area contributed by atoms with E-state index in [9.17, 15) is 4.79 Å². The fourth-order valence-corrected chi connectivity index (χ4v) is 2.05. The molecule has 0 heterocycles. The summed E-state index contributed by atoms with van der Waals surface area (Å²) in [6.07, 6.45) is 8.71. The number of aliphatic carboxylic acids is 1. The van der Waals surface area contributed by atoms with Crippen molar-refractivity contribution in [1.82, 2.24) is 5.32 Å². The molecule has 0 spiro atoms. The molecule has 3 nitrogen and oxygen atoms in total. The molecule has 1 atom stereocenters. The molecule has 14 heavy (non-hydrogen) atoms. The number of carbonyl (C=O) groups is 1. The van der Waals surface area contributed by atoms with Crippen molar-refractivity contribution in [2.75, 3.05) is 0 Å². The van der Waals surface area contributed by atoms with Gasteiger partial charge in [-0.1, -0.05) is 32.1 Å². The van der Waals surface area contributed by atoms with Crippen LogP contribution >= 0.6 is 0 Å². The van der Waals surface area contributed by atoms with Crippen LogP contribution in [0.15, 0.2) is 0 Å². The third kappa shape index (κ3) is 4.09. The molecule has 0 aliphatic heterocycles. The Kier molecular flexibility index (Phi) is 4.94. The Balaban J connectivity index is 2.29. The van der Waals surface area contributed by atoms with Crippen molar-refractivity contribution >= 4 is 5.97 Å². The first-order valence-electron chi connectivity index (χ1n) is 5.69. The quantitative estimate of drug-likeness (QED) is 0.732. The van der Waals surface area contributed by atoms with Crippen molar-refractivity contribution in [3.05, 3.63) is 0 Å². The number of hydrogen-bond donors (Lipinski definition) is 2. The Hall–Kier alpha value is -0.570. The van der Waals surface area contributed by atoms with Gasteiger partial charge in [0.1, 0.15) is 6.04 Å². The summed E-state index contributed by atoms with van der Waals surface area (Å²) in [5, 5.41) is 12.0. The Morgan fingerprint density at radius 2 is 1.71 bits per heavy atom. The van der Waals surface area contributed by atoms with Gasteiger partial charge in [0.2, 0.25) is 0 Å². The maximum Gasteiger partial charge on any atom is 0.320 e. The molecule has 1 unspecified atom stereocenters. The topological polar surface area (TPSA) is 49.3 Å². The van der Waals surface area contributed by atoms with E-state index in [1.54, 1.807) is 6.92 Å². The standard InChI is InChI=1S/C11H21NO2/c1-9(11(13)14)12-10-7-5-3-2-4-6-8-10/h9-10,12H,2-8H2,1H3,(H,13,14). The molecule has 0 aromatic rings. The van der Waals surface area contributed by atoms with E-state index in [0.717, 1.165) is 12.8 Å². The highest BCUT2D eigenvalue weighted by Crippen LogP contribution is 2.17. The first-order chi connectivity index (χ1) is 6.70. The molecule has 0 bridgehead atoms. The van der Waals surface area contributed by atoms with Crippen LogP contribution in [0.2, 0.25) is 0 Å². The first kappa shape index (κ1) is 11.5. The average Bonchev–Trinajstić information content (AvgIpc) is 2.08. The van der Waals surface area contributed by atoms with Gasteiger partial charge in [0.25, 0.3) is 0 Å². The molecule has 0 amide bonds. The summed E-state index contributed by atoms with van der Waals surface area (Å²) in [4.78, 5) is 10.7. The van der Waals surface area contributed by atoms with Gasteiger partial charge < -0.3 is 10.4 Å². The van der Waals surface area contributed by atoms with Gasteiger partial charge in [0.05, 0.1) is 0 Å². The second-order valence-corrected chi connectivity index (χ2v) is 4.27. The van der Waals surface area contributed by atoms with Crippen LogP contribution in [-0.2, 0) is 4.79 Å². The average molecular weight is 199 g/mol. The molecule has 82 valence electrons. The molecule has 0 saturated heterocycles. The predicted octanol–water partition coefficient (Wildman–Crippen LogP) is 2.16. The van der Waals surface area contributed by atoms with Crippen LogP contribution in [0.1, 0.15) is 51.9 Å². The zero-order valence-electron chi connectivity index (χ0n) is 8.96. The van der Waals surface area contributed by atoms with E-state index >= 15 is 0 Å². The molecule has 0 radical (unpaired) electrons. The van der Waals surface area contributed by atoms with Gasteiger partial charge >= 0.3 is 5.97 Å². The van der Waals surface area contributed by atoms with Crippen molar-refractivity contribution in [3.8, 4) is 0 Å². The molecule has 1 fully saturated rings. The van der Waals surface area contributed by atoms with Gasteiger partial charge in [0.15, 0.2) is 0 Å². The van der Waals surface area contributed by atoms with Crippen molar-refractivity contribution in [3.63, 3.8) is 0 Å². The van der Waals surface area contributed by atoms with Gasteiger partial charge in [-0.05, 0) is 19.8 Å². The molecule has 1 rings (SSSR count). The van der Waals surface area contributed by atoms with Crippen LogP contribution in [0.4, 0.5) is 0 Å². The second kappa shape index (κ2) is 6.02. The minimum Gasteiger partial charge on any atom is -0.480 e. The summed E-state index contributed by atoms with van der Waals surface area (Å²) in [5.41, 5.74) is 0. The van der Waals surface area contributed by atoms with Crippen LogP contribution in [0, 0.1) is 0 Å². The van der Waals surface area contributed by atoms with Crippen LogP contribution < -0.4 is 5.32 Å². The maximum atomic E-state index is 10.7. The van der Waals surface area contributed by atoms with Crippen molar-refractivity contribution in [2.24, 2.45) is 0 Å². The van der Waals surface area contributed by atoms with E-state index in [0.29, 0.717) is 6.04 Å². The zero-order chi connectivity index (χ0) is 10.4. The summed E-state index contributed by atoms with van der Waals surface area (Å²) < 4.78 is 0. The number of carboxylic acid groups (broad SMARTS) is 1. The van der Waals surface area contributed by atoms with E-state index in [1.807, 2.05) is 0 Å². The fourth-order valence-electron chi connectivity index (χ4n) is 2.05. The molecule has 3 heteroatoms. The molecular weight excluding hydrogens is 178 g/mol. The third-order valence-electron chi connectivity index (χ3n) is 2.96. The van der Waals surface area contributed by atoms with Gasteiger partial charge in [-0.15, -0.1) is 0 Å². The molecular formula is C11H21NO2. The van der Waals surface area contributed by atoms with E-state index in [1.165, 1.54) is 32.1 Å². The summed E-state index contributed by atoms with van der Waals surface area (Å²) in [5.74, 6) is -0.743. The molecule has 1 saturated carbocycles. The highest BCUT2D eigenvalue weighted by atomic mass is 16.4. The monoisotopic (exact) mass is 199 g/mol. The van der Waals surface area contributed by atoms with Gasteiger partial charge in [-0.2, -0.15) is 0 Å². The second-order valence-electron chi connectivity index (χ2n) is 4.27. The van der Waals surface area contributed by atoms with E-state index < -0.39 is 12.0 Å². The van der Waals surface area contributed by atoms with E-state index in [-0.39, 0.29) is 0 Å². The normalized spacial score (nSPS) is 22.4. The third-order valence-corrected chi connectivity index (χ3v) is 2.96. The Bertz CT molecular complexity index is 174. The molecule has 1 aliphatic carbocycles. The van der Waals surface area contributed by atoms with Gasteiger partial charge in [0, 0.05) is 6.04 Å². The molecule has 2 N–H and O–H groups in total. The highest BCUT2D eigenvalue weighted by molar-refractivity contribution is 5.72. The summed E-state index contributed by atoms with van der Waals surface area (Å²) in [6, 6.07) is 0.0147. The minimum atomic E-state index is -0.743. The Morgan fingerprint density at radius 3 is 2.21 bits per heavy atom. The maximum absolute atomic E-state index is 10.7. The lowest BCUT2D eigenvalue weighted by atomic mass is 9.96. The fraction of sp³-hybridized carbons (Fsp3) is 0.909. The minimum absolute atomic E-state index is 0.403. The molecule has 0 aromatic carbocycles. The number of rotatable bonds is 3. The Labute approximate surface area is 85.9 Å². The van der Waals surface area contributed by atoms with Crippen LogP contribution in [0.5, 0.6) is 0 Å². The predicted molar refractivity (Wildman–Crippen MR) is 56.3 cm³/mol. The number of carboxylic acids is 1. The first-order valence-corrected chi connectivity index (χ1v) is 5.69. The van der Waals surface area contributed by atoms with Crippen LogP contribution in [-0.4, -0.2) is 23.2 Å². The lowest BCUT2D eigenvalue weighted by Crippen LogP contribution is -2.41. The van der Waals surface area contributed by atoms with Crippen LogP contribution in [0.3, 0.4) is 0 Å². The number of hydrogen-bond acceptors (Lipinski definition) is 2. The summed E-state index contributed by atoms with van der Waals surface area (Å²) in [6.45, 7) is 1.72. The highest BCUT2D eigenvalue weighted by Gasteiger charge is 2.17. The number of nitrogens with one attached hydrogen (secondary N) is 1. The zero-order valence-corrected chi connectivity index (χ0v) is 8.96. The van der Waals surface area contributed by atoms with Crippen molar-refractivity contribution < 1.29 is 9.90 Å². The SMILES string of the molecule is CC(NC1CCCCCCC1)C(=O)O. The van der Waals surface area contributed by atoms with Crippen molar-refractivity contribution in [2.45, 2.75) is 64.0 Å². The summed E-state index contributed by atoms with van der Waals surface area (Å²) in [7, 11) is 0. The van der Waals surface area contributed by atoms with Crippen LogP contribution in [0.25, 0.3) is 0 Å². The van der Waals surface area contributed by atoms with Gasteiger partial charge in [-0.3, -0.25) is 4.79 Å². The smallest absolute Gasteiger partial charge is 0.320 e. The summed E-state index contributed by atoms with van der Waals surface area (Å²) >= 11 is 0. The van der Waals surface area contributed by atoms with Gasteiger partial charge in [-0.25, -0.2) is 0 Å². The molecule has 1 aliphatic rings. The largest absolute Gasteiger partial charge is 0.480 e. The molecule has 0 aromatic heterocycles. The lowest BCUT2D eigenvalue weighted by molar-refractivity contribution is -0.139. The lowest BCUT2D eigenvalue weighted by Gasteiger charge is -2.23. The van der Waals surface area contributed by atoms with Crippen molar-refractivity contribution in [1.29, 1.82) is 0 Å². The van der Waals surface area contributed by atoms with E-state index in [4.69, 9.17) is 5.11 Å². The Morgan fingerprint density at radius 1 is 1.21 bits per heavy atom. The van der Waals surface area contributed by atoms with E-state index in [2.05, 4.69) is 5.32 Å².